The van der Waals surface area contributed by atoms with Gasteiger partial charge in [-0.15, -0.1) is 24.8 Å². The molecule has 2 heterocycles. The highest BCUT2D eigenvalue weighted by Crippen LogP contribution is 2.15. The van der Waals surface area contributed by atoms with Crippen LogP contribution in [-0.4, -0.2) is 48.5 Å². The first kappa shape index (κ1) is 18.7. The molecule has 1 fully saturated rings. The second kappa shape index (κ2) is 7.44. The number of halogens is 2. The SMILES string of the molecule is Cc1nc(S(=O)(=O)N2CCCNCC2)cn1C.Cl.Cl. The molecule has 6 nitrogen and oxygen atoms in total. The number of sulfonamides is 1. The molecule has 112 valence electrons. The van der Waals surface area contributed by atoms with Gasteiger partial charge < -0.3 is 9.88 Å². The molecule has 19 heavy (non-hydrogen) atoms. The van der Waals surface area contributed by atoms with Crippen LogP contribution in [0.2, 0.25) is 0 Å². The highest BCUT2D eigenvalue weighted by atomic mass is 35.5. The van der Waals surface area contributed by atoms with Crippen LogP contribution in [-0.2, 0) is 17.1 Å². The summed E-state index contributed by atoms with van der Waals surface area (Å²) in [4.78, 5) is 4.10. The van der Waals surface area contributed by atoms with E-state index in [4.69, 9.17) is 0 Å². The summed E-state index contributed by atoms with van der Waals surface area (Å²) < 4.78 is 27.9. The number of rotatable bonds is 2. The predicted molar refractivity (Wildman–Crippen MR) is 78.7 cm³/mol. The smallest absolute Gasteiger partial charge is 0.262 e. The minimum absolute atomic E-state index is 0. The van der Waals surface area contributed by atoms with Gasteiger partial charge in [-0.3, -0.25) is 0 Å². The van der Waals surface area contributed by atoms with Crippen molar-refractivity contribution in [3.63, 3.8) is 0 Å². The molecule has 0 saturated carbocycles. The minimum Gasteiger partial charge on any atom is -0.337 e. The molecule has 1 aromatic heterocycles. The van der Waals surface area contributed by atoms with Crippen molar-refractivity contribution in [2.24, 2.45) is 7.05 Å². The van der Waals surface area contributed by atoms with Crippen LogP contribution in [0.3, 0.4) is 0 Å². The van der Waals surface area contributed by atoms with Crippen LogP contribution < -0.4 is 5.32 Å². The van der Waals surface area contributed by atoms with Crippen LogP contribution in [0.5, 0.6) is 0 Å². The number of hydrogen-bond acceptors (Lipinski definition) is 4. The molecular weight excluding hydrogens is 311 g/mol. The first-order valence-corrected chi connectivity index (χ1v) is 7.16. The van der Waals surface area contributed by atoms with Gasteiger partial charge in [0, 0.05) is 32.9 Å². The molecule has 0 aliphatic carbocycles. The topological polar surface area (TPSA) is 67.2 Å². The van der Waals surface area contributed by atoms with Crippen molar-refractivity contribution in [3.05, 3.63) is 12.0 Å². The lowest BCUT2D eigenvalue weighted by molar-refractivity contribution is 0.430. The molecule has 0 atom stereocenters. The number of imidazole rings is 1. The van der Waals surface area contributed by atoms with E-state index in [2.05, 4.69) is 10.3 Å². The van der Waals surface area contributed by atoms with Crippen LogP contribution in [0.15, 0.2) is 11.2 Å². The average Bonchev–Trinajstić information content (AvgIpc) is 2.54. The van der Waals surface area contributed by atoms with Crippen molar-refractivity contribution in [1.29, 1.82) is 0 Å². The van der Waals surface area contributed by atoms with E-state index in [1.54, 1.807) is 24.7 Å². The van der Waals surface area contributed by atoms with Crippen LogP contribution >= 0.6 is 24.8 Å². The zero-order valence-corrected chi connectivity index (χ0v) is 13.4. The van der Waals surface area contributed by atoms with Gasteiger partial charge in [-0.1, -0.05) is 0 Å². The van der Waals surface area contributed by atoms with Gasteiger partial charge in [-0.05, 0) is 19.9 Å². The largest absolute Gasteiger partial charge is 0.337 e. The molecule has 0 spiro atoms. The molecule has 1 saturated heterocycles. The van der Waals surface area contributed by atoms with E-state index in [9.17, 15) is 8.42 Å². The van der Waals surface area contributed by atoms with Gasteiger partial charge in [-0.25, -0.2) is 13.4 Å². The number of nitrogens with zero attached hydrogens (tertiary/aromatic N) is 3. The molecule has 0 aromatic carbocycles. The highest BCUT2D eigenvalue weighted by molar-refractivity contribution is 7.89. The molecule has 1 aliphatic rings. The maximum absolute atomic E-state index is 12.3. The van der Waals surface area contributed by atoms with E-state index in [1.165, 1.54) is 4.31 Å². The van der Waals surface area contributed by atoms with Gasteiger partial charge in [0.2, 0.25) is 0 Å². The number of aryl methyl sites for hydroxylation is 2. The Kier molecular flexibility index (Phi) is 7.31. The fourth-order valence-electron chi connectivity index (χ4n) is 1.84. The van der Waals surface area contributed by atoms with Crippen LogP contribution in [0.4, 0.5) is 0 Å². The molecular formula is C10H20Cl2N4O2S. The zero-order valence-electron chi connectivity index (χ0n) is 11.0. The maximum atomic E-state index is 12.3. The van der Waals surface area contributed by atoms with Crippen molar-refractivity contribution in [3.8, 4) is 0 Å². The molecule has 0 unspecified atom stereocenters. The quantitative estimate of drug-likeness (QED) is 0.860. The summed E-state index contributed by atoms with van der Waals surface area (Å²) in [5, 5.41) is 3.34. The van der Waals surface area contributed by atoms with Gasteiger partial charge in [-0.2, -0.15) is 4.31 Å². The van der Waals surface area contributed by atoms with Crippen molar-refractivity contribution in [1.82, 2.24) is 19.2 Å². The lowest BCUT2D eigenvalue weighted by atomic mass is 10.4. The zero-order chi connectivity index (χ0) is 12.5. The van der Waals surface area contributed by atoms with Crippen LogP contribution in [0.25, 0.3) is 0 Å². The summed E-state index contributed by atoms with van der Waals surface area (Å²) in [6.45, 7) is 4.43. The molecule has 9 heteroatoms. The first-order chi connectivity index (χ1) is 8.01. The number of aromatic nitrogens is 2. The third-order valence-electron chi connectivity index (χ3n) is 2.99. The Bertz CT molecular complexity index is 476. The minimum atomic E-state index is -3.43. The highest BCUT2D eigenvalue weighted by Gasteiger charge is 2.27. The predicted octanol–water partition coefficient (Wildman–Crippen LogP) is 0.556. The second-order valence-corrected chi connectivity index (χ2v) is 6.13. The van der Waals surface area contributed by atoms with Gasteiger partial charge in [0.05, 0.1) is 0 Å². The molecule has 0 amide bonds. The molecule has 1 aliphatic heterocycles. The van der Waals surface area contributed by atoms with Gasteiger partial charge in [0.1, 0.15) is 5.82 Å². The van der Waals surface area contributed by atoms with E-state index < -0.39 is 10.0 Å². The van der Waals surface area contributed by atoms with Gasteiger partial charge in [0.15, 0.2) is 5.03 Å². The van der Waals surface area contributed by atoms with E-state index in [1.807, 2.05) is 0 Å². The average molecular weight is 331 g/mol. The monoisotopic (exact) mass is 330 g/mol. The van der Waals surface area contributed by atoms with E-state index in [0.29, 0.717) is 25.5 Å². The van der Waals surface area contributed by atoms with Crippen molar-refractivity contribution < 1.29 is 8.42 Å². The third kappa shape index (κ3) is 4.06. The van der Waals surface area contributed by atoms with Crippen molar-refractivity contribution in [2.45, 2.75) is 18.4 Å². The normalized spacial score (nSPS) is 17.2. The fourth-order valence-corrected chi connectivity index (χ4v) is 3.35. The van der Waals surface area contributed by atoms with E-state index >= 15 is 0 Å². The Morgan fingerprint density at radius 2 is 1.95 bits per heavy atom. The molecule has 0 bridgehead atoms. The molecule has 1 aromatic rings. The van der Waals surface area contributed by atoms with Gasteiger partial charge in [0.25, 0.3) is 10.0 Å². The van der Waals surface area contributed by atoms with E-state index in [-0.39, 0.29) is 29.8 Å². The van der Waals surface area contributed by atoms with Gasteiger partial charge >= 0.3 is 0 Å². The number of nitrogens with one attached hydrogen (secondary N) is 1. The summed E-state index contributed by atoms with van der Waals surface area (Å²) >= 11 is 0. The Balaban J connectivity index is 0.00000162. The standard InChI is InChI=1S/C10H18N4O2S.2ClH/c1-9-12-10(8-13(9)2)17(15,16)14-6-3-4-11-5-7-14;;/h8,11H,3-7H2,1-2H3;2*1H. The second-order valence-electron chi connectivity index (χ2n) is 4.24. The Labute approximate surface area is 126 Å². The summed E-state index contributed by atoms with van der Waals surface area (Å²) in [6.07, 6.45) is 2.41. The lowest BCUT2D eigenvalue weighted by Crippen LogP contribution is -2.34. The molecule has 0 radical (unpaired) electrons. The number of hydrogen-bond donors (Lipinski definition) is 1. The summed E-state index contributed by atoms with van der Waals surface area (Å²) in [6, 6.07) is 0. The van der Waals surface area contributed by atoms with Crippen LogP contribution in [0.1, 0.15) is 12.2 Å². The molecule has 1 N–H and O–H groups in total. The van der Waals surface area contributed by atoms with Crippen molar-refractivity contribution >= 4 is 34.8 Å². The van der Waals surface area contributed by atoms with E-state index in [0.717, 1.165) is 13.0 Å². The maximum Gasteiger partial charge on any atom is 0.262 e. The fraction of sp³-hybridized carbons (Fsp3) is 0.700. The van der Waals surface area contributed by atoms with Crippen LogP contribution in [0, 0.1) is 6.92 Å². The third-order valence-corrected chi connectivity index (χ3v) is 4.76. The Morgan fingerprint density at radius 1 is 1.26 bits per heavy atom. The first-order valence-electron chi connectivity index (χ1n) is 5.72. The Hall–Kier alpha value is -0.340. The summed E-state index contributed by atoms with van der Waals surface area (Å²) in [5.41, 5.74) is 0. The molecule has 2 rings (SSSR count). The lowest BCUT2D eigenvalue weighted by Gasteiger charge is -2.17. The summed E-state index contributed by atoms with van der Waals surface area (Å²) in [7, 11) is -1.63. The van der Waals surface area contributed by atoms with Crippen molar-refractivity contribution in [2.75, 3.05) is 26.2 Å². The Morgan fingerprint density at radius 3 is 2.53 bits per heavy atom. The summed E-state index contributed by atoms with van der Waals surface area (Å²) in [5.74, 6) is 0.705.